The Kier molecular flexibility index (Phi) is 8.15. The first-order valence-electron chi connectivity index (χ1n) is 7.56. The summed E-state index contributed by atoms with van der Waals surface area (Å²) in [6, 6.07) is 9.73. The van der Waals surface area contributed by atoms with Gasteiger partial charge in [0, 0.05) is 18.9 Å². The Morgan fingerprint density at radius 1 is 1.05 bits per heavy atom. The SMILES string of the molecule is CCCCCCCCC(=O)CC(N)c1ccccc1. The van der Waals surface area contributed by atoms with E-state index in [-0.39, 0.29) is 6.04 Å². The molecule has 1 aromatic rings. The Balaban J connectivity index is 2.14. The molecule has 0 radical (unpaired) electrons. The predicted molar refractivity (Wildman–Crippen MR) is 81.0 cm³/mol. The molecular weight excluding hydrogens is 234 g/mol. The number of carbonyl (C=O) groups is 1. The Labute approximate surface area is 117 Å². The molecule has 0 fully saturated rings. The summed E-state index contributed by atoms with van der Waals surface area (Å²) < 4.78 is 0. The van der Waals surface area contributed by atoms with E-state index in [1.54, 1.807) is 0 Å². The zero-order chi connectivity index (χ0) is 13.9. The molecule has 2 heteroatoms. The van der Waals surface area contributed by atoms with E-state index in [0.29, 0.717) is 18.6 Å². The highest BCUT2D eigenvalue weighted by atomic mass is 16.1. The van der Waals surface area contributed by atoms with Gasteiger partial charge in [0.15, 0.2) is 0 Å². The molecule has 0 saturated carbocycles. The van der Waals surface area contributed by atoms with Gasteiger partial charge in [0.25, 0.3) is 0 Å². The maximum absolute atomic E-state index is 11.8. The first-order valence-corrected chi connectivity index (χ1v) is 7.56. The first-order chi connectivity index (χ1) is 9.24. The minimum atomic E-state index is -0.145. The number of unbranched alkanes of at least 4 members (excludes halogenated alkanes) is 5. The highest BCUT2D eigenvalue weighted by Gasteiger charge is 2.10. The molecule has 0 aliphatic rings. The van der Waals surface area contributed by atoms with Gasteiger partial charge in [0.2, 0.25) is 0 Å². The van der Waals surface area contributed by atoms with Crippen LogP contribution in [0.3, 0.4) is 0 Å². The number of benzene rings is 1. The number of rotatable bonds is 10. The van der Waals surface area contributed by atoms with Gasteiger partial charge in [-0.05, 0) is 12.0 Å². The van der Waals surface area contributed by atoms with Crippen LogP contribution in [0.4, 0.5) is 0 Å². The third-order valence-corrected chi connectivity index (χ3v) is 3.48. The van der Waals surface area contributed by atoms with Gasteiger partial charge >= 0.3 is 0 Å². The second kappa shape index (κ2) is 9.74. The van der Waals surface area contributed by atoms with Crippen molar-refractivity contribution in [2.45, 2.75) is 64.3 Å². The number of hydrogen-bond donors (Lipinski definition) is 1. The van der Waals surface area contributed by atoms with Gasteiger partial charge in [0.05, 0.1) is 0 Å². The average Bonchev–Trinajstić information content (AvgIpc) is 2.43. The van der Waals surface area contributed by atoms with Gasteiger partial charge in [-0.25, -0.2) is 0 Å². The normalized spacial score (nSPS) is 12.3. The largest absolute Gasteiger partial charge is 0.324 e. The van der Waals surface area contributed by atoms with E-state index in [9.17, 15) is 4.79 Å². The molecule has 1 rings (SSSR count). The molecule has 1 aromatic carbocycles. The van der Waals surface area contributed by atoms with Gasteiger partial charge in [-0.2, -0.15) is 0 Å². The Bertz CT molecular complexity index is 348. The molecule has 0 aliphatic carbocycles. The highest BCUT2D eigenvalue weighted by molar-refractivity contribution is 5.79. The van der Waals surface area contributed by atoms with Crippen LogP contribution in [0.2, 0.25) is 0 Å². The second-order valence-corrected chi connectivity index (χ2v) is 5.28. The van der Waals surface area contributed by atoms with Crippen molar-refractivity contribution in [3.63, 3.8) is 0 Å². The van der Waals surface area contributed by atoms with E-state index < -0.39 is 0 Å². The van der Waals surface area contributed by atoms with Crippen molar-refractivity contribution in [3.05, 3.63) is 35.9 Å². The molecule has 1 atom stereocenters. The van der Waals surface area contributed by atoms with Crippen molar-refractivity contribution in [2.24, 2.45) is 5.73 Å². The fraction of sp³-hybridized carbons (Fsp3) is 0.588. The van der Waals surface area contributed by atoms with Crippen molar-refractivity contribution in [2.75, 3.05) is 0 Å². The Hall–Kier alpha value is -1.15. The van der Waals surface area contributed by atoms with Gasteiger partial charge in [-0.1, -0.05) is 69.4 Å². The number of hydrogen-bond acceptors (Lipinski definition) is 2. The van der Waals surface area contributed by atoms with E-state index in [1.165, 1.54) is 32.1 Å². The minimum Gasteiger partial charge on any atom is -0.324 e. The monoisotopic (exact) mass is 261 g/mol. The van der Waals surface area contributed by atoms with Gasteiger partial charge in [0.1, 0.15) is 5.78 Å². The maximum Gasteiger partial charge on any atom is 0.134 e. The summed E-state index contributed by atoms with van der Waals surface area (Å²) in [6.07, 6.45) is 8.49. The summed E-state index contributed by atoms with van der Waals surface area (Å²) in [5.41, 5.74) is 7.10. The molecule has 0 amide bonds. The number of Topliss-reactive ketones (excluding diaryl/α,β-unsaturated/α-hetero) is 1. The molecule has 0 aromatic heterocycles. The van der Waals surface area contributed by atoms with Crippen LogP contribution >= 0.6 is 0 Å². The van der Waals surface area contributed by atoms with Crippen LogP contribution in [0.15, 0.2) is 30.3 Å². The van der Waals surface area contributed by atoms with Crippen LogP contribution in [0.5, 0.6) is 0 Å². The minimum absolute atomic E-state index is 0.145. The van der Waals surface area contributed by atoms with Crippen LogP contribution in [-0.4, -0.2) is 5.78 Å². The molecular formula is C17H27NO. The summed E-state index contributed by atoms with van der Waals surface area (Å²) in [5.74, 6) is 0.298. The van der Waals surface area contributed by atoms with Crippen molar-refractivity contribution in [1.82, 2.24) is 0 Å². The van der Waals surface area contributed by atoms with E-state index >= 15 is 0 Å². The lowest BCUT2D eigenvalue weighted by molar-refractivity contribution is -0.119. The second-order valence-electron chi connectivity index (χ2n) is 5.28. The van der Waals surface area contributed by atoms with Crippen LogP contribution in [0, 0.1) is 0 Å². The van der Waals surface area contributed by atoms with E-state index in [2.05, 4.69) is 6.92 Å². The summed E-state index contributed by atoms with van der Waals surface area (Å²) in [7, 11) is 0. The third-order valence-electron chi connectivity index (χ3n) is 3.48. The molecule has 106 valence electrons. The van der Waals surface area contributed by atoms with Gasteiger partial charge in [-0.15, -0.1) is 0 Å². The fourth-order valence-corrected chi connectivity index (χ4v) is 2.27. The first kappa shape index (κ1) is 15.9. The van der Waals surface area contributed by atoms with Crippen molar-refractivity contribution in [3.8, 4) is 0 Å². The summed E-state index contributed by atoms with van der Waals surface area (Å²) >= 11 is 0. The molecule has 0 spiro atoms. The van der Waals surface area contributed by atoms with Gasteiger partial charge in [-0.3, -0.25) is 4.79 Å². The number of carbonyl (C=O) groups excluding carboxylic acids is 1. The molecule has 0 aliphatic heterocycles. The summed E-state index contributed by atoms with van der Waals surface area (Å²) in [6.45, 7) is 2.22. The molecule has 19 heavy (non-hydrogen) atoms. The average molecular weight is 261 g/mol. The maximum atomic E-state index is 11.8. The molecule has 2 N–H and O–H groups in total. The van der Waals surface area contributed by atoms with E-state index in [4.69, 9.17) is 5.73 Å². The molecule has 0 heterocycles. The lowest BCUT2D eigenvalue weighted by Crippen LogP contribution is -2.15. The lowest BCUT2D eigenvalue weighted by Gasteiger charge is -2.10. The van der Waals surface area contributed by atoms with Crippen LogP contribution in [-0.2, 0) is 4.79 Å². The predicted octanol–water partition coefficient (Wildman–Crippen LogP) is 4.40. The molecule has 0 saturated heterocycles. The zero-order valence-electron chi connectivity index (χ0n) is 12.1. The lowest BCUT2D eigenvalue weighted by atomic mass is 9.99. The van der Waals surface area contributed by atoms with E-state index in [0.717, 1.165) is 12.0 Å². The molecule has 2 nitrogen and oxygen atoms in total. The van der Waals surface area contributed by atoms with Crippen LogP contribution in [0.25, 0.3) is 0 Å². The number of nitrogens with two attached hydrogens (primary N) is 1. The quantitative estimate of drug-likeness (QED) is 0.634. The van der Waals surface area contributed by atoms with Gasteiger partial charge < -0.3 is 5.73 Å². The van der Waals surface area contributed by atoms with Crippen LogP contribution < -0.4 is 5.73 Å². The molecule has 0 bridgehead atoms. The number of ketones is 1. The topological polar surface area (TPSA) is 43.1 Å². The highest BCUT2D eigenvalue weighted by Crippen LogP contribution is 2.16. The van der Waals surface area contributed by atoms with Crippen molar-refractivity contribution in [1.29, 1.82) is 0 Å². The third kappa shape index (κ3) is 7.12. The summed E-state index contributed by atoms with van der Waals surface area (Å²) in [5, 5.41) is 0. The Morgan fingerprint density at radius 2 is 1.68 bits per heavy atom. The van der Waals surface area contributed by atoms with Crippen LogP contribution in [0.1, 0.15) is 69.9 Å². The van der Waals surface area contributed by atoms with Crippen molar-refractivity contribution < 1.29 is 4.79 Å². The summed E-state index contributed by atoms with van der Waals surface area (Å²) in [4.78, 5) is 11.8. The Morgan fingerprint density at radius 3 is 2.37 bits per heavy atom. The molecule has 1 unspecified atom stereocenters. The van der Waals surface area contributed by atoms with Crippen molar-refractivity contribution >= 4 is 5.78 Å². The standard InChI is InChI=1S/C17H27NO/c1-2-3-4-5-6-10-13-16(19)14-17(18)15-11-8-7-9-12-15/h7-9,11-12,17H,2-6,10,13-14,18H2,1H3. The fourth-order valence-electron chi connectivity index (χ4n) is 2.27. The van der Waals surface area contributed by atoms with E-state index in [1.807, 2.05) is 30.3 Å². The zero-order valence-corrected chi connectivity index (χ0v) is 12.1. The smallest absolute Gasteiger partial charge is 0.134 e.